The lowest BCUT2D eigenvalue weighted by molar-refractivity contribution is 0.547. The van der Waals surface area contributed by atoms with Gasteiger partial charge < -0.3 is 10.2 Å². The number of nitrogens with zero attached hydrogens (tertiary/aromatic N) is 2. The van der Waals surface area contributed by atoms with Gasteiger partial charge in [-0.15, -0.1) is 0 Å². The Labute approximate surface area is 111 Å². The van der Waals surface area contributed by atoms with Gasteiger partial charge in [-0.2, -0.15) is 0 Å². The molecule has 0 saturated heterocycles. The molecule has 0 radical (unpaired) electrons. The molecule has 18 heavy (non-hydrogen) atoms. The highest BCUT2D eigenvalue weighted by Crippen LogP contribution is 2.26. The van der Waals surface area contributed by atoms with Gasteiger partial charge in [0, 0.05) is 32.0 Å². The summed E-state index contributed by atoms with van der Waals surface area (Å²) in [5.74, 6) is 0.889. The average Bonchev–Trinajstić information content (AvgIpc) is 2.89. The van der Waals surface area contributed by atoms with Gasteiger partial charge in [-0.05, 0) is 37.4 Å². The Kier molecular flexibility index (Phi) is 5.00. The summed E-state index contributed by atoms with van der Waals surface area (Å²) in [7, 11) is 2.20. The SMILES string of the molecule is CCNCc1cc(N(C)CC2CCCC2)ccn1. The van der Waals surface area contributed by atoms with Crippen LogP contribution in [0.25, 0.3) is 0 Å². The van der Waals surface area contributed by atoms with Gasteiger partial charge in [-0.25, -0.2) is 0 Å². The molecule has 0 amide bonds. The Morgan fingerprint density at radius 1 is 1.39 bits per heavy atom. The molecule has 1 aliphatic rings. The first-order chi connectivity index (χ1) is 8.79. The standard InChI is InChI=1S/C15H25N3/c1-3-16-11-14-10-15(8-9-17-14)18(2)12-13-6-4-5-7-13/h8-10,13,16H,3-7,11-12H2,1-2H3. The molecule has 0 atom stereocenters. The maximum Gasteiger partial charge on any atom is 0.0562 e. The van der Waals surface area contributed by atoms with Crippen molar-refractivity contribution in [3.8, 4) is 0 Å². The van der Waals surface area contributed by atoms with Crippen molar-refractivity contribution in [1.82, 2.24) is 10.3 Å². The molecule has 1 aromatic rings. The first kappa shape index (κ1) is 13.3. The second-order valence-electron chi connectivity index (χ2n) is 5.32. The first-order valence-corrected chi connectivity index (χ1v) is 7.16. The van der Waals surface area contributed by atoms with Crippen LogP contribution in [0.4, 0.5) is 5.69 Å². The second kappa shape index (κ2) is 6.74. The van der Waals surface area contributed by atoms with Gasteiger partial charge in [0.25, 0.3) is 0 Å². The summed E-state index contributed by atoms with van der Waals surface area (Å²) >= 11 is 0. The normalized spacial score (nSPS) is 16.1. The van der Waals surface area contributed by atoms with Crippen LogP contribution in [-0.2, 0) is 6.54 Å². The minimum Gasteiger partial charge on any atom is -0.374 e. The largest absolute Gasteiger partial charge is 0.374 e. The van der Waals surface area contributed by atoms with Crippen molar-refractivity contribution >= 4 is 5.69 Å². The fourth-order valence-electron chi connectivity index (χ4n) is 2.74. The molecular formula is C15H25N3. The van der Waals surface area contributed by atoms with Crippen LogP contribution in [0.1, 0.15) is 38.3 Å². The highest BCUT2D eigenvalue weighted by molar-refractivity contribution is 5.45. The molecule has 3 nitrogen and oxygen atoms in total. The van der Waals surface area contributed by atoms with Gasteiger partial charge in [0.05, 0.1) is 5.69 Å². The van der Waals surface area contributed by atoms with Gasteiger partial charge in [-0.3, -0.25) is 4.98 Å². The Bertz CT molecular complexity index is 359. The summed E-state index contributed by atoms with van der Waals surface area (Å²) in [6.07, 6.45) is 7.56. The van der Waals surface area contributed by atoms with Crippen LogP contribution in [0.15, 0.2) is 18.3 Å². The zero-order chi connectivity index (χ0) is 12.8. The van der Waals surface area contributed by atoms with Crippen molar-refractivity contribution in [2.45, 2.75) is 39.2 Å². The van der Waals surface area contributed by atoms with E-state index in [1.165, 1.54) is 37.9 Å². The second-order valence-corrected chi connectivity index (χ2v) is 5.32. The summed E-state index contributed by atoms with van der Waals surface area (Å²) in [6.45, 7) is 5.16. The number of hydrogen-bond donors (Lipinski definition) is 1. The fraction of sp³-hybridized carbons (Fsp3) is 0.667. The van der Waals surface area contributed by atoms with Crippen molar-refractivity contribution in [2.24, 2.45) is 5.92 Å². The molecule has 0 aliphatic heterocycles. The third-order valence-corrected chi connectivity index (χ3v) is 3.80. The number of anilines is 1. The van der Waals surface area contributed by atoms with Crippen LogP contribution in [0.5, 0.6) is 0 Å². The third kappa shape index (κ3) is 3.70. The Morgan fingerprint density at radius 2 is 2.17 bits per heavy atom. The number of aromatic nitrogens is 1. The van der Waals surface area contributed by atoms with Gasteiger partial charge in [0.1, 0.15) is 0 Å². The average molecular weight is 247 g/mol. The van der Waals surface area contributed by atoms with Crippen molar-refractivity contribution in [2.75, 3.05) is 25.0 Å². The van der Waals surface area contributed by atoms with Crippen molar-refractivity contribution in [3.05, 3.63) is 24.0 Å². The molecule has 1 fully saturated rings. The molecule has 1 saturated carbocycles. The Morgan fingerprint density at radius 3 is 2.89 bits per heavy atom. The summed E-state index contributed by atoms with van der Waals surface area (Å²) in [6, 6.07) is 4.32. The van der Waals surface area contributed by atoms with E-state index in [4.69, 9.17) is 0 Å². The molecular weight excluding hydrogens is 222 g/mol. The van der Waals surface area contributed by atoms with Gasteiger partial charge in [-0.1, -0.05) is 19.8 Å². The van der Waals surface area contributed by atoms with E-state index in [0.29, 0.717) is 0 Å². The molecule has 1 heterocycles. The predicted molar refractivity (Wildman–Crippen MR) is 76.8 cm³/mol. The van der Waals surface area contributed by atoms with E-state index >= 15 is 0 Å². The van der Waals surface area contributed by atoms with Crippen LogP contribution in [-0.4, -0.2) is 25.1 Å². The van der Waals surface area contributed by atoms with E-state index in [-0.39, 0.29) is 0 Å². The lowest BCUT2D eigenvalue weighted by Crippen LogP contribution is -2.24. The quantitative estimate of drug-likeness (QED) is 0.838. The molecule has 0 bridgehead atoms. The molecule has 0 unspecified atom stereocenters. The van der Waals surface area contributed by atoms with E-state index in [9.17, 15) is 0 Å². The zero-order valence-corrected chi connectivity index (χ0v) is 11.7. The van der Waals surface area contributed by atoms with Crippen LogP contribution >= 0.6 is 0 Å². The molecule has 1 aliphatic carbocycles. The van der Waals surface area contributed by atoms with E-state index in [2.05, 4.69) is 41.3 Å². The zero-order valence-electron chi connectivity index (χ0n) is 11.7. The summed E-state index contributed by atoms with van der Waals surface area (Å²) in [4.78, 5) is 6.78. The molecule has 0 spiro atoms. The molecule has 3 heteroatoms. The molecule has 1 aromatic heterocycles. The summed E-state index contributed by atoms with van der Waals surface area (Å²) in [5.41, 5.74) is 2.43. The van der Waals surface area contributed by atoms with E-state index in [0.717, 1.165) is 24.7 Å². The third-order valence-electron chi connectivity index (χ3n) is 3.80. The molecule has 0 aromatic carbocycles. The van der Waals surface area contributed by atoms with Crippen LogP contribution < -0.4 is 10.2 Å². The molecule has 1 N–H and O–H groups in total. The van der Waals surface area contributed by atoms with Gasteiger partial charge in [0.2, 0.25) is 0 Å². The van der Waals surface area contributed by atoms with Gasteiger partial charge >= 0.3 is 0 Å². The minimum absolute atomic E-state index is 0.863. The Hall–Kier alpha value is -1.09. The van der Waals surface area contributed by atoms with Crippen molar-refractivity contribution in [1.29, 1.82) is 0 Å². The smallest absolute Gasteiger partial charge is 0.0562 e. The lowest BCUT2D eigenvalue weighted by Gasteiger charge is -2.23. The minimum atomic E-state index is 0.863. The number of rotatable bonds is 6. The lowest BCUT2D eigenvalue weighted by atomic mass is 10.1. The fourth-order valence-corrected chi connectivity index (χ4v) is 2.74. The number of hydrogen-bond acceptors (Lipinski definition) is 3. The first-order valence-electron chi connectivity index (χ1n) is 7.16. The summed E-state index contributed by atoms with van der Waals surface area (Å²) < 4.78 is 0. The monoisotopic (exact) mass is 247 g/mol. The van der Waals surface area contributed by atoms with Crippen molar-refractivity contribution in [3.63, 3.8) is 0 Å². The van der Waals surface area contributed by atoms with Crippen LogP contribution in [0.2, 0.25) is 0 Å². The number of nitrogens with one attached hydrogen (secondary N) is 1. The highest BCUT2D eigenvalue weighted by atomic mass is 15.1. The molecule has 100 valence electrons. The van der Waals surface area contributed by atoms with E-state index < -0.39 is 0 Å². The predicted octanol–water partition coefficient (Wildman–Crippen LogP) is 2.82. The Balaban J connectivity index is 1.93. The maximum atomic E-state index is 4.40. The van der Waals surface area contributed by atoms with E-state index in [1.54, 1.807) is 0 Å². The number of pyridine rings is 1. The van der Waals surface area contributed by atoms with Crippen molar-refractivity contribution < 1.29 is 0 Å². The highest BCUT2D eigenvalue weighted by Gasteiger charge is 2.17. The van der Waals surface area contributed by atoms with Crippen LogP contribution in [0.3, 0.4) is 0 Å². The van der Waals surface area contributed by atoms with E-state index in [1.807, 2.05) is 6.20 Å². The molecule has 2 rings (SSSR count). The van der Waals surface area contributed by atoms with Crippen LogP contribution in [0, 0.1) is 5.92 Å². The van der Waals surface area contributed by atoms with Gasteiger partial charge in [0.15, 0.2) is 0 Å². The maximum absolute atomic E-state index is 4.40. The topological polar surface area (TPSA) is 28.2 Å². The summed E-state index contributed by atoms with van der Waals surface area (Å²) in [5, 5.41) is 3.32.